The van der Waals surface area contributed by atoms with E-state index in [1.54, 1.807) is 23.1 Å². The summed E-state index contributed by atoms with van der Waals surface area (Å²) in [6, 6.07) is 14.8. The van der Waals surface area contributed by atoms with Gasteiger partial charge in [0.05, 0.1) is 0 Å². The highest BCUT2D eigenvalue weighted by atomic mass is 35.5. The van der Waals surface area contributed by atoms with E-state index in [9.17, 15) is 4.79 Å². The van der Waals surface area contributed by atoms with E-state index in [0.29, 0.717) is 29.0 Å². The van der Waals surface area contributed by atoms with Gasteiger partial charge in [0.25, 0.3) is 5.91 Å². The van der Waals surface area contributed by atoms with Crippen LogP contribution < -0.4 is 4.74 Å². The van der Waals surface area contributed by atoms with Gasteiger partial charge < -0.3 is 14.2 Å². The summed E-state index contributed by atoms with van der Waals surface area (Å²) < 4.78 is 10.9. The molecule has 0 aliphatic heterocycles. The molecule has 0 saturated heterocycles. The van der Waals surface area contributed by atoms with Gasteiger partial charge >= 0.3 is 0 Å². The van der Waals surface area contributed by atoms with E-state index < -0.39 is 0 Å². The summed E-state index contributed by atoms with van der Waals surface area (Å²) in [7, 11) is 0. The van der Waals surface area contributed by atoms with Crippen LogP contribution in [0.25, 0.3) is 11.4 Å². The number of amides is 1. The highest BCUT2D eigenvalue weighted by Crippen LogP contribution is 2.21. The number of aromatic nitrogens is 2. The maximum absolute atomic E-state index is 12.5. The zero-order valence-corrected chi connectivity index (χ0v) is 15.9. The molecule has 140 valence electrons. The molecule has 0 spiro atoms. The van der Waals surface area contributed by atoms with Crippen LogP contribution in [0.1, 0.15) is 18.4 Å². The Bertz CT molecular complexity index is 912. The average molecular weight is 386 g/mol. The third kappa shape index (κ3) is 4.86. The minimum Gasteiger partial charge on any atom is -0.484 e. The quantitative estimate of drug-likeness (QED) is 0.611. The summed E-state index contributed by atoms with van der Waals surface area (Å²) in [6.07, 6.45) is 0. The number of hydrogen-bond donors (Lipinski definition) is 0. The fraction of sp³-hybridized carbons (Fsp3) is 0.250. The summed E-state index contributed by atoms with van der Waals surface area (Å²) in [5.41, 5.74) is 1.76. The van der Waals surface area contributed by atoms with Crippen LogP contribution in [0.5, 0.6) is 5.75 Å². The van der Waals surface area contributed by atoms with Gasteiger partial charge in [0, 0.05) is 17.1 Å². The maximum atomic E-state index is 12.5. The SMILES string of the molecule is CCN(Cc1nc(-c2ccccc2)no1)C(=O)COc1ccc(Cl)c(C)c1. The Labute approximate surface area is 162 Å². The molecule has 3 aromatic rings. The first-order valence-corrected chi connectivity index (χ1v) is 8.99. The minimum atomic E-state index is -0.162. The zero-order valence-electron chi connectivity index (χ0n) is 15.2. The summed E-state index contributed by atoms with van der Waals surface area (Å²) in [5.74, 6) is 1.32. The first kappa shape index (κ1) is 18.9. The van der Waals surface area contributed by atoms with Crippen molar-refractivity contribution in [3.8, 4) is 17.1 Å². The highest BCUT2D eigenvalue weighted by molar-refractivity contribution is 6.31. The van der Waals surface area contributed by atoms with E-state index in [2.05, 4.69) is 10.1 Å². The smallest absolute Gasteiger partial charge is 0.260 e. The van der Waals surface area contributed by atoms with E-state index >= 15 is 0 Å². The lowest BCUT2D eigenvalue weighted by molar-refractivity contribution is -0.134. The number of carbonyl (C=O) groups is 1. The van der Waals surface area contributed by atoms with Crippen LogP contribution in [0.15, 0.2) is 53.1 Å². The van der Waals surface area contributed by atoms with Crippen molar-refractivity contribution in [1.29, 1.82) is 0 Å². The second-order valence-electron chi connectivity index (χ2n) is 5.99. The molecule has 0 radical (unpaired) electrons. The van der Waals surface area contributed by atoms with Crippen molar-refractivity contribution in [2.45, 2.75) is 20.4 Å². The lowest BCUT2D eigenvalue weighted by atomic mass is 10.2. The average Bonchev–Trinajstić information content (AvgIpc) is 3.16. The van der Waals surface area contributed by atoms with Crippen molar-refractivity contribution in [2.24, 2.45) is 0 Å². The van der Waals surface area contributed by atoms with Gasteiger partial charge in [0.2, 0.25) is 11.7 Å². The second kappa shape index (κ2) is 8.68. The summed E-state index contributed by atoms with van der Waals surface area (Å²) in [4.78, 5) is 18.4. The molecule has 0 saturated carbocycles. The molecule has 1 amide bonds. The Morgan fingerprint density at radius 1 is 1.22 bits per heavy atom. The van der Waals surface area contributed by atoms with Crippen molar-refractivity contribution in [3.05, 3.63) is 65.0 Å². The van der Waals surface area contributed by atoms with E-state index in [-0.39, 0.29) is 19.1 Å². The third-order valence-electron chi connectivity index (χ3n) is 4.05. The van der Waals surface area contributed by atoms with Crippen LogP contribution in [0, 0.1) is 6.92 Å². The standard InChI is InChI=1S/C20H20ClN3O3/c1-3-24(19(25)13-26-16-9-10-17(21)14(2)11-16)12-18-22-20(23-27-18)15-7-5-4-6-8-15/h4-11H,3,12-13H2,1-2H3. The maximum Gasteiger partial charge on any atom is 0.260 e. The van der Waals surface area contributed by atoms with E-state index in [0.717, 1.165) is 11.1 Å². The van der Waals surface area contributed by atoms with Crippen molar-refractivity contribution in [3.63, 3.8) is 0 Å². The summed E-state index contributed by atoms with van der Waals surface area (Å²) in [6.45, 7) is 4.44. The first-order valence-electron chi connectivity index (χ1n) is 8.61. The molecule has 0 bridgehead atoms. The third-order valence-corrected chi connectivity index (χ3v) is 4.48. The Hall–Kier alpha value is -2.86. The number of carbonyl (C=O) groups excluding carboxylic acids is 1. The molecular formula is C20H20ClN3O3. The molecule has 0 unspecified atom stereocenters. The molecule has 0 aliphatic carbocycles. The lowest BCUT2D eigenvalue weighted by Gasteiger charge is -2.19. The summed E-state index contributed by atoms with van der Waals surface area (Å²) in [5, 5.41) is 4.64. The number of rotatable bonds is 7. The predicted molar refractivity (Wildman–Crippen MR) is 103 cm³/mol. The molecule has 1 heterocycles. The van der Waals surface area contributed by atoms with Crippen molar-refractivity contribution < 1.29 is 14.1 Å². The number of nitrogens with zero attached hydrogens (tertiary/aromatic N) is 3. The van der Waals surface area contributed by atoms with E-state index in [4.69, 9.17) is 20.9 Å². The number of ether oxygens (including phenoxy) is 1. The Balaban J connectivity index is 1.60. The fourth-order valence-electron chi connectivity index (χ4n) is 2.51. The van der Waals surface area contributed by atoms with Crippen LogP contribution in [-0.4, -0.2) is 34.1 Å². The molecule has 0 fully saturated rings. The van der Waals surface area contributed by atoms with Gasteiger partial charge in [0.15, 0.2) is 6.61 Å². The van der Waals surface area contributed by atoms with Crippen LogP contribution in [0.3, 0.4) is 0 Å². The number of benzene rings is 2. The molecule has 2 aromatic carbocycles. The van der Waals surface area contributed by atoms with Gasteiger partial charge in [-0.3, -0.25) is 4.79 Å². The Morgan fingerprint density at radius 3 is 2.70 bits per heavy atom. The molecule has 3 rings (SSSR count). The normalized spacial score (nSPS) is 10.6. The topological polar surface area (TPSA) is 68.5 Å². The lowest BCUT2D eigenvalue weighted by Crippen LogP contribution is -2.34. The molecule has 27 heavy (non-hydrogen) atoms. The molecule has 6 nitrogen and oxygen atoms in total. The van der Waals surface area contributed by atoms with E-state index in [1.807, 2.05) is 44.2 Å². The number of likely N-dealkylation sites (N-methyl/N-ethyl adjacent to an activating group) is 1. The largest absolute Gasteiger partial charge is 0.484 e. The van der Waals surface area contributed by atoms with Crippen molar-refractivity contribution in [2.75, 3.05) is 13.2 Å². The minimum absolute atomic E-state index is 0.0748. The first-order chi connectivity index (χ1) is 13.1. The van der Waals surface area contributed by atoms with Gasteiger partial charge in [-0.2, -0.15) is 4.98 Å². The van der Waals surface area contributed by atoms with Gasteiger partial charge in [0.1, 0.15) is 12.3 Å². The molecule has 0 aliphatic rings. The van der Waals surface area contributed by atoms with Crippen molar-refractivity contribution >= 4 is 17.5 Å². The van der Waals surface area contributed by atoms with Gasteiger partial charge in [-0.05, 0) is 37.6 Å². The highest BCUT2D eigenvalue weighted by Gasteiger charge is 2.17. The fourth-order valence-corrected chi connectivity index (χ4v) is 2.62. The molecular weight excluding hydrogens is 366 g/mol. The monoisotopic (exact) mass is 385 g/mol. The van der Waals surface area contributed by atoms with E-state index in [1.165, 1.54) is 0 Å². The van der Waals surface area contributed by atoms with Gasteiger partial charge in [-0.15, -0.1) is 0 Å². The number of hydrogen-bond acceptors (Lipinski definition) is 5. The van der Waals surface area contributed by atoms with Crippen molar-refractivity contribution in [1.82, 2.24) is 15.0 Å². The van der Waals surface area contributed by atoms with Crippen LogP contribution in [0.2, 0.25) is 5.02 Å². The molecule has 1 aromatic heterocycles. The zero-order chi connectivity index (χ0) is 19.2. The molecule has 0 N–H and O–H groups in total. The number of aryl methyl sites for hydroxylation is 1. The number of halogens is 1. The van der Waals surface area contributed by atoms with Gasteiger partial charge in [-0.25, -0.2) is 0 Å². The Kier molecular flexibility index (Phi) is 6.08. The molecule has 0 atom stereocenters. The van der Waals surface area contributed by atoms with Crippen LogP contribution in [0.4, 0.5) is 0 Å². The predicted octanol–water partition coefficient (Wildman–Crippen LogP) is 4.13. The molecule has 7 heteroatoms. The van der Waals surface area contributed by atoms with Gasteiger partial charge in [-0.1, -0.05) is 47.1 Å². The second-order valence-corrected chi connectivity index (χ2v) is 6.39. The summed E-state index contributed by atoms with van der Waals surface area (Å²) >= 11 is 6.00. The Morgan fingerprint density at radius 2 is 2.00 bits per heavy atom. The van der Waals surface area contributed by atoms with Crippen LogP contribution in [-0.2, 0) is 11.3 Å². The van der Waals surface area contributed by atoms with Crippen LogP contribution >= 0.6 is 11.6 Å².